The zero-order valence-corrected chi connectivity index (χ0v) is 9.34. The van der Waals surface area contributed by atoms with Crippen molar-refractivity contribution in [3.8, 4) is 11.1 Å². The molecule has 0 aliphatic heterocycles. The van der Waals surface area contributed by atoms with Crippen LogP contribution >= 0.6 is 11.6 Å². The zero-order valence-electron chi connectivity index (χ0n) is 8.58. The highest BCUT2D eigenvalue weighted by atomic mass is 35.5. The first kappa shape index (κ1) is 11.7. The molecule has 0 heterocycles. The van der Waals surface area contributed by atoms with Gasteiger partial charge in [0.2, 0.25) is 0 Å². The maximum Gasteiger partial charge on any atom is 0.253 e. The smallest absolute Gasteiger partial charge is 0.253 e. The quantitative estimate of drug-likeness (QED) is 0.738. The van der Waals surface area contributed by atoms with Crippen LogP contribution in [0.3, 0.4) is 0 Å². The third-order valence-corrected chi connectivity index (χ3v) is 2.53. The fourth-order valence-electron chi connectivity index (χ4n) is 1.59. The van der Waals surface area contributed by atoms with E-state index in [-0.39, 0.29) is 5.56 Å². The van der Waals surface area contributed by atoms with Gasteiger partial charge < -0.3 is 0 Å². The number of carbonyl (C=O) groups excluding carboxylic acids is 1. The van der Waals surface area contributed by atoms with E-state index in [0.29, 0.717) is 11.1 Å². The number of carbonyl (C=O) groups is 1. The Labute approximate surface area is 102 Å². The molecule has 0 amide bonds. The van der Waals surface area contributed by atoms with Crippen LogP contribution in [-0.2, 0) is 0 Å². The molecule has 0 aliphatic carbocycles. The summed E-state index contributed by atoms with van der Waals surface area (Å²) in [5.74, 6) is -0.992. The summed E-state index contributed by atoms with van der Waals surface area (Å²) in [7, 11) is 0. The van der Waals surface area contributed by atoms with Gasteiger partial charge in [0.15, 0.2) is 0 Å². The van der Waals surface area contributed by atoms with Crippen LogP contribution in [0.15, 0.2) is 42.5 Å². The van der Waals surface area contributed by atoms with Crippen LogP contribution in [0.4, 0.5) is 8.78 Å². The molecule has 0 saturated heterocycles. The minimum Gasteiger partial charge on any atom is -0.276 e. The number of halogens is 3. The summed E-state index contributed by atoms with van der Waals surface area (Å²) >= 11 is 5.37. The van der Waals surface area contributed by atoms with Gasteiger partial charge in [-0.1, -0.05) is 18.2 Å². The molecule has 0 atom stereocenters. The van der Waals surface area contributed by atoms with E-state index < -0.39 is 16.9 Å². The Morgan fingerprint density at radius 3 is 2.35 bits per heavy atom. The van der Waals surface area contributed by atoms with Crippen LogP contribution in [0.1, 0.15) is 10.4 Å². The highest BCUT2D eigenvalue weighted by Gasteiger charge is 2.12. The van der Waals surface area contributed by atoms with Gasteiger partial charge >= 0.3 is 0 Å². The average Bonchev–Trinajstić information content (AvgIpc) is 2.28. The molecule has 2 rings (SSSR count). The van der Waals surface area contributed by atoms with Gasteiger partial charge in [0.25, 0.3) is 5.24 Å². The number of benzene rings is 2. The topological polar surface area (TPSA) is 17.1 Å². The lowest BCUT2D eigenvalue weighted by Crippen LogP contribution is -1.95. The van der Waals surface area contributed by atoms with Gasteiger partial charge in [0.05, 0.1) is 0 Å². The summed E-state index contributed by atoms with van der Waals surface area (Å²) in [5.41, 5.74) is 0.914. The van der Waals surface area contributed by atoms with Gasteiger partial charge in [-0.2, -0.15) is 0 Å². The summed E-state index contributed by atoms with van der Waals surface area (Å²) in [6.07, 6.45) is 0. The zero-order chi connectivity index (χ0) is 12.4. The molecule has 0 saturated carbocycles. The van der Waals surface area contributed by atoms with Gasteiger partial charge in [-0.15, -0.1) is 0 Å². The summed E-state index contributed by atoms with van der Waals surface area (Å²) in [5, 5.41) is -0.774. The van der Waals surface area contributed by atoms with E-state index in [1.54, 1.807) is 6.07 Å². The Bertz CT molecular complexity index is 581. The second-order valence-corrected chi connectivity index (χ2v) is 3.82. The molecule has 0 unspecified atom stereocenters. The molecular formula is C13H7ClF2O. The highest BCUT2D eigenvalue weighted by molar-refractivity contribution is 6.68. The predicted octanol–water partition coefficient (Wildman–Crippen LogP) is 4.01. The third kappa shape index (κ3) is 2.50. The van der Waals surface area contributed by atoms with Crippen LogP contribution in [0, 0.1) is 11.6 Å². The number of hydrogen-bond donors (Lipinski definition) is 0. The maximum absolute atomic E-state index is 13.1. The van der Waals surface area contributed by atoms with Crippen molar-refractivity contribution in [3.63, 3.8) is 0 Å². The predicted molar refractivity (Wildman–Crippen MR) is 62.0 cm³/mol. The van der Waals surface area contributed by atoms with Crippen molar-refractivity contribution < 1.29 is 13.6 Å². The Balaban J connectivity index is 2.63. The van der Waals surface area contributed by atoms with E-state index in [1.807, 2.05) is 0 Å². The lowest BCUT2D eigenvalue weighted by molar-refractivity contribution is 0.108. The molecular weight excluding hydrogens is 246 g/mol. The summed E-state index contributed by atoms with van der Waals surface area (Å²) < 4.78 is 26.1. The maximum atomic E-state index is 13.1. The second kappa shape index (κ2) is 4.63. The van der Waals surface area contributed by atoms with Crippen LogP contribution in [0.25, 0.3) is 11.1 Å². The molecule has 0 radical (unpaired) electrons. The lowest BCUT2D eigenvalue weighted by Gasteiger charge is -2.06. The summed E-state index contributed by atoms with van der Waals surface area (Å²) in [4.78, 5) is 11.2. The number of hydrogen-bond acceptors (Lipinski definition) is 1. The van der Waals surface area contributed by atoms with E-state index in [9.17, 15) is 13.6 Å². The first-order valence-electron chi connectivity index (χ1n) is 4.83. The SMILES string of the molecule is O=C(Cl)c1cc(F)ccc1-c1cccc(F)c1. The Morgan fingerprint density at radius 1 is 1.00 bits per heavy atom. The average molecular weight is 253 g/mol. The van der Waals surface area contributed by atoms with Crippen molar-refractivity contribution >= 4 is 16.8 Å². The third-order valence-electron chi connectivity index (χ3n) is 2.33. The van der Waals surface area contributed by atoms with Crippen molar-refractivity contribution in [2.75, 3.05) is 0 Å². The number of rotatable bonds is 2. The van der Waals surface area contributed by atoms with E-state index in [4.69, 9.17) is 11.6 Å². The first-order chi connectivity index (χ1) is 8.08. The fraction of sp³-hybridized carbons (Fsp3) is 0. The van der Waals surface area contributed by atoms with E-state index >= 15 is 0 Å². The molecule has 0 fully saturated rings. The summed E-state index contributed by atoms with van der Waals surface area (Å²) in [6.45, 7) is 0. The van der Waals surface area contributed by atoms with Crippen molar-refractivity contribution in [2.45, 2.75) is 0 Å². The van der Waals surface area contributed by atoms with Crippen molar-refractivity contribution in [2.24, 2.45) is 0 Å². The Morgan fingerprint density at radius 2 is 1.71 bits per heavy atom. The second-order valence-electron chi connectivity index (χ2n) is 3.47. The molecule has 86 valence electrons. The van der Waals surface area contributed by atoms with E-state index in [1.165, 1.54) is 30.3 Å². The normalized spacial score (nSPS) is 10.3. The highest BCUT2D eigenvalue weighted by Crippen LogP contribution is 2.26. The molecule has 17 heavy (non-hydrogen) atoms. The van der Waals surface area contributed by atoms with Gasteiger partial charge in [0, 0.05) is 5.56 Å². The van der Waals surface area contributed by atoms with E-state index in [0.717, 1.165) is 6.07 Å². The molecule has 2 aromatic carbocycles. The van der Waals surface area contributed by atoms with Gasteiger partial charge in [0.1, 0.15) is 11.6 Å². The van der Waals surface area contributed by atoms with Crippen LogP contribution in [-0.4, -0.2) is 5.24 Å². The standard InChI is InChI=1S/C13H7ClF2O/c14-13(17)12-7-10(16)4-5-11(12)8-2-1-3-9(15)6-8/h1-7H. The minimum atomic E-state index is -0.774. The first-order valence-corrected chi connectivity index (χ1v) is 5.21. The van der Waals surface area contributed by atoms with E-state index in [2.05, 4.69) is 0 Å². The largest absolute Gasteiger partial charge is 0.276 e. The Kier molecular flexibility index (Phi) is 3.20. The fourth-order valence-corrected chi connectivity index (χ4v) is 1.74. The molecule has 1 nitrogen and oxygen atoms in total. The van der Waals surface area contributed by atoms with Gasteiger partial charge in [-0.25, -0.2) is 8.78 Å². The molecule has 4 heteroatoms. The minimum absolute atomic E-state index is 0.0252. The molecule has 0 N–H and O–H groups in total. The van der Waals surface area contributed by atoms with Gasteiger partial charge in [-0.05, 0) is 47.0 Å². The van der Waals surface area contributed by atoms with Crippen LogP contribution < -0.4 is 0 Å². The van der Waals surface area contributed by atoms with Crippen molar-refractivity contribution in [3.05, 3.63) is 59.7 Å². The van der Waals surface area contributed by atoms with Crippen molar-refractivity contribution in [1.82, 2.24) is 0 Å². The lowest BCUT2D eigenvalue weighted by atomic mass is 10.0. The molecule has 0 bridgehead atoms. The monoisotopic (exact) mass is 252 g/mol. The Hall–Kier alpha value is -1.74. The van der Waals surface area contributed by atoms with Crippen molar-refractivity contribution in [1.29, 1.82) is 0 Å². The van der Waals surface area contributed by atoms with Crippen LogP contribution in [0.2, 0.25) is 0 Å². The van der Waals surface area contributed by atoms with Gasteiger partial charge in [-0.3, -0.25) is 4.79 Å². The molecule has 2 aromatic rings. The van der Waals surface area contributed by atoms with Crippen LogP contribution in [0.5, 0.6) is 0 Å². The molecule has 0 aromatic heterocycles. The molecule has 0 spiro atoms. The molecule has 0 aliphatic rings. The summed E-state index contributed by atoms with van der Waals surface area (Å²) in [6, 6.07) is 9.32.